The highest BCUT2D eigenvalue weighted by Crippen LogP contribution is 2.72. The molecule has 7 nitrogen and oxygen atoms in total. The van der Waals surface area contributed by atoms with Crippen molar-refractivity contribution >= 4 is 40.6 Å². The van der Waals surface area contributed by atoms with Crippen molar-refractivity contribution in [2.45, 2.75) is 95.3 Å². The second-order valence-corrected chi connectivity index (χ2v) is 15.2. The number of rotatable bonds is 5. The van der Waals surface area contributed by atoms with Crippen molar-refractivity contribution in [3.8, 4) is 0 Å². The molecule has 2 spiro atoms. The number of fused-ring (bicyclic) bond motifs is 3. The zero-order valence-corrected chi connectivity index (χ0v) is 26.6. The molecule has 1 amide bonds. The van der Waals surface area contributed by atoms with Crippen molar-refractivity contribution in [2.24, 2.45) is 22.7 Å². The topological polar surface area (TPSA) is 98.0 Å². The molecule has 232 valence electrons. The summed E-state index contributed by atoms with van der Waals surface area (Å²) in [4.78, 5) is 33.6. The molecule has 3 fully saturated rings. The summed E-state index contributed by atoms with van der Waals surface area (Å²) in [5, 5.41) is 11.3. The van der Waals surface area contributed by atoms with E-state index in [1.807, 2.05) is 0 Å². The highest BCUT2D eigenvalue weighted by molar-refractivity contribution is 6.31. The van der Waals surface area contributed by atoms with E-state index >= 15 is 4.39 Å². The molecule has 1 aliphatic heterocycles. The van der Waals surface area contributed by atoms with Crippen LogP contribution in [0.5, 0.6) is 0 Å². The van der Waals surface area contributed by atoms with Crippen molar-refractivity contribution in [2.75, 3.05) is 5.32 Å². The summed E-state index contributed by atoms with van der Waals surface area (Å²) < 4.78 is 21.6. The molecule has 3 aromatic rings. The molecule has 0 bridgehead atoms. The zero-order valence-electron chi connectivity index (χ0n) is 25.0. The van der Waals surface area contributed by atoms with E-state index in [2.05, 4.69) is 34.3 Å². The van der Waals surface area contributed by atoms with E-state index in [9.17, 15) is 9.59 Å². The van der Waals surface area contributed by atoms with Gasteiger partial charge in [-0.3, -0.25) is 9.59 Å². The van der Waals surface area contributed by atoms with Crippen molar-refractivity contribution in [1.82, 2.24) is 15.2 Å². The molecule has 4 aliphatic rings. The average molecular weight is 640 g/mol. The van der Waals surface area contributed by atoms with Crippen LogP contribution in [0.4, 0.5) is 10.1 Å². The first-order valence-electron chi connectivity index (χ1n) is 15.7. The van der Waals surface area contributed by atoms with E-state index in [-0.39, 0.29) is 39.1 Å². The van der Waals surface area contributed by atoms with Crippen LogP contribution < -0.4 is 5.32 Å². The number of nitrogens with one attached hydrogen (secondary N) is 1. The Hall–Kier alpha value is -2.84. The fourth-order valence-corrected chi connectivity index (χ4v) is 9.62. The van der Waals surface area contributed by atoms with Crippen molar-refractivity contribution in [3.05, 3.63) is 69.9 Å². The number of amides is 1. The van der Waals surface area contributed by atoms with Crippen LogP contribution in [-0.4, -0.2) is 26.9 Å². The van der Waals surface area contributed by atoms with Crippen molar-refractivity contribution in [1.29, 1.82) is 0 Å². The van der Waals surface area contributed by atoms with Crippen LogP contribution in [0.2, 0.25) is 10.2 Å². The van der Waals surface area contributed by atoms with Gasteiger partial charge in [-0.15, -0.1) is 10.2 Å². The molecule has 7 rings (SSSR count). The van der Waals surface area contributed by atoms with Gasteiger partial charge in [0, 0.05) is 41.6 Å². The van der Waals surface area contributed by atoms with Gasteiger partial charge in [-0.2, -0.15) is 0 Å². The Bertz CT molecular complexity index is 1590. The zero-order chi connectivity index (χ0) is 30.9. The number of aromatic nitrogens is 3. The van der Waals surface area contributed by atoms with Crippen LogP contribution in [0.25, 0.3) is 0 Å². The molecular weight excluding hydrogens is 602 g/mol. The summed E-state index contributed by atoms with van der Waals surface area (Å²) in [6.45, 7) is 4.51. The molecule has 10 heteroatoms. The largest absolute Gasteiger partial charge is 0.428 e. The number of halogens is 3. The molecule has 3 heterocycles. The number of benzene rings is 1. The molecule has 1 aromatic carbocycles. The molecule has 3 aliphatic carbocycles. The third-order valence-corrected chi connectivity index (χ3v) is 12.1. The van der Waals surface area contributed by atoms with Gasteiger partial charge in [-0.1, -0.05) is 49.2 Å². The molecular formula is C34H37Cl2FN4O3. The summed E-state index contributed by atoms with van der Waals surface area (Å²) in [7, 11) is 0. The Morgan fingerprint density at radius 2 is 1.86 bits per heavy atom. The Balaban J connectivity index is 1.31. The summed E-state index contributed by atoms with van der Waals surface area (Å²) in [5.74, 6) is -0.873. The van der Waals surface area contributed by atoms with E-state index < -0.39 is 28.5 Å². The minimum Gasteiger partial charge on any atom is -0.428 e. The molecule has 0 radical (unpaired) electrons. The SMILES string of the molecule is CC1(C)CCC2(CC1)C[C@@H](C(=O)CC1CCC(c3nnco3)CC1)[C@H](c1cccc(Cl)c1F)[C@]21C(=O)Nc2cc(Cl)ncc21. The van der Waals surface area contributed by atoms with Gasteiger partial charge in [0.1, 0.15) is 16.8 Å². The lowest BCUT2D eigenvalue weighted by molar-refractivity contribution is -0.127. The lowest BCUT2D eigenvalue weighted by atomic mass is 9.51. The average Bonchev–Trinajstić information content (AvgIpc) is 3.70. The molecule has 44 heavy (non-hydrogen) atoms. The number of anilines is 1. The molecule has 3 atom stereocenters. The summed E-state index contributed by atoms with van der Waals surface area (Å²) in [6, 6.07) is 6.62. The summed E-state index contributed by atoms with van der Waals surface area (Å²) >= 11 is 12.7. The number of carbonyl (C=O) groups excluding carboxylic acids is 2. The highest BCUT2D eigenvalue weighted by Gasteiger charge is 2.72. The van der Waals surface area contributed by atoms with Gasteiger partial charge in [0.2, 0.25) is 18.2 Å². The van der Waals surface area contributed by atoms with Gasteiger partial charge in [-0.05, 0) is 92.2 Å². The van der Waals surface area contributed by atoms with Crippen LogP contribution in [0.15, 0.2) is 41.3 Å². The first-order chi connectivity index (χ1) is 21.0. The minimum absolute atomic E-state index is 0.0122. The second kappa shape index (κ2) is 10.9. The fourth-order valence-electron chi connectivity index (χ4n) is 9.28. The summed E-state index contributed by atoms with van der Waals surface area (Å²) in [6.07, 6.45) is 10.8. The van der Waals surface area contributed by atoms with Crippen LogP contribution in [0.1, 0.15) is 107 Å². The molecule has 0 unspecified atom stereocenters. The Morgan fingerprint density at radius 1 is 1.11 bits per heavy atom. The maximum Gasteiger partial charge on any atom is 0.236 e. The smallest absolute Gasteiger partial charge is 0.236 e. The molecule has 2 aromatic heterocycles. The van der Waals surface area contributed by atoms with Gasteiger partial charge in [0.15, 0.2) is 0 Å². The first-order valence-corrected chi connectivity index (χ1v) is 16.5. The van der Waals surface area contributed by atoms with Gasteiger partial charge in [-0.25, -0.2) is 9.37 Å². The van der Waals surface area contributed by atoms with Crippen molar-refractivity contribution in [3.63, 3.8) is 0 Å². The Labute approximate surface area is 266 Å². The van der Waals surface area contributed by atoms with E-state index in [1.54, 1.807) is 24.4 Å². The second-order valence-electron chi connectivity index (χ2n) is 14.4. The van der Waals surface area contributed by atoms with Gasteiger partial charge >= 0.3 is 0 Å². The van der Waals surface area contributed by atoms with Gasteiger partial charge in [0.25, 0.3) is 0 Å². The predicted molar refractivity (Wildman–Crippen MR) is 165 cm³/mol. The van der Waals surface area contributed by atoms with Crippen molar-refractivity contribution < 1.29 is 18.4 Å². The minimum atomic E-state index is -1.18. The monoisotopic (exact) mass is 638 g/mol. The van der Waals surface area contributed by atoms with Crippen LogP contribution in [0, 0.1) is 28.5 Å². The normalized spacial score (nSPS) is 30.4. The number of carbonyl (C=O) groups is 2. The number of pyridine rings is 1. The van der Waals surface area contributed by atoms with Crippen LogP contribution in [0.3, 0.4) is 0 Å². The Kier molecular flexibility index (Phi) is 7.40. The van der Waals surface area contributed by atoms with Crippen LogP contribution >= 0.6 is 23.2 Å². The maximum atomic E-state index is 16.2. The van der Waals surface area contributed by atoms with Crippen LogP contribution in [-0.2, 0) is 15.0 Å². The number of hydrogen-bond donors (Lipinski definition) is 1. The molecule has 3 saturated carbocycles. The third-order valence-electron chi connectivity index (χ3n) is 11.6. The van der Waals surface area contributed by atoms with E-state index in [1.165, 1.54) is 12.5 Å². The number of nitrogens with zero attached hydrogens (tertiary/aromatic N) is 3. The quantitative estimate of drug-likeness (QED) is 0.282. The standard InChI is InChI=1S/C34H37Cl2FN4O3/c1-32(2)10-12-33(13-11-32)16-22(26(42)14-19-6-8-20(9-7-19)30-41-39-18-44-30)28(21-4-3-5-24(35)29(21)37)34(33)23-17-38-27(36)15-25(23)40-31(34)43/h3-5,15,17-20,22,28H,6-14,16H2,1-2H3,(H,40,43)/t19?,20?,22-,28-,34+/m0/s1. The number of ketones is 1. The van der Waals surface area contributed by atoms with E-state index in [0.717, 1.165) is 51.4 Å². The number of Topliss-reactive ketones (excluding diaryl/α,β-unsaturated/α-hetero) is 1. The highest BCUT2D eigenvalue weighted by atomic mass is 35.5. The Morgan fingerprint density at radius 3 is 2.57 bits per heavy atom. The van der Waals surface area contributed by atoms with Gasteiger partial charge < -0.3 is 9.73 Å². The lowest BCUT2D eigenvalue weighted by Gasteiger charge is -2.50. The summed E-state index contributed by atoms with van der Waals surface area (Å²) in [5.41, 5.74) is 0.0140. The maximum absolute atomic E-state index is 16.2. The molecule has 0 saturated heterocycles. The van der Waals surface area contributed by atoms with E-state index in [0.29, 0.717) is 35.5 Å². The van der Waals surface area contributed by atoms with E-state index in [4.69, 9.17) is 27.6 Å². The molecule has 1 N–H and O–H groups in total. The lowest BCUT2D eigenvalue weighted by Crippen LogP contribution is -2.52. The van der Waals surface area contributed by atoms with Gasteiger partial charge in [0.05, 0.1) is 10.4 Å². The first kappa shape index (κ1) is 29.8. The fraction of sp³-hybridized carbons (Fsp3) is 0.559. The third kappa shape index (κ3) is 4.61. The predicted octanol–water partition coefficient (Wildman–Crippen LogP) is 8.42. The number of hydrogen-bond acceptors (Lipinski definition) is 6.